The third kappa shape index (κ3) is 2.52. The SMILES string of the molecule is O=C(Nc1cnccn1)c1ccc(Cl)nc1. The zero-order chi connectivity index (χ0) is 11.4. The number of pyridine rings is 1. The van der Waals surface area contributed by atoms with E-state index in [0.29, 0.717) is 16.5 Å². The minimum atomic E-state index is -0.301. The van der Waals surface area contributed by atoms with Gasteiger partial charge >= 0.3 is 0 Å². The van der Waals surface area contributed by atoms with Gasteiger partial charge in [-0.25, -0.2) is 9.97 Å². The second kappa shape index (κ2) is 4.67. The summed E-state index contributed by atoms with van der Waals surface area (Å²) in [6.45, 7) is 0. The summed E-state index contributed by atoms with van der Waals surface area (Å²) in [6.07, 6.45) is 5.88. The molecule has 2 heterocycles. The van der Waals surface area contributed by atoms with Gasteiger partial charge in [-0.15, -0.1) is 0 Å². The maximum atomic E-state index is 11.7. The van der Waals surface area contributed by atoms with E-state index in [1.54, 1.807) is 12.1 Å². The number of rotatable bonds is 2. The van der Waals surface area contributed by atoms with Crippen molar-refractivity contribution in [1.82, 2.24) is 15.0 Å². The Labute approximate surface area is 96.5 Å². The first-order valence-corrected chi connectivity index (χ1v) is 4.82. The van der Waals surface area contributed by atoms with Gasteiger partial charge in [-0.1, -0.05) is 11.6 Å². The van der Waals surface area contributed by atoms with Crippen LogP contribution in [0.3, 0.4) is 0 Å². The van der Waals surface area contributed by atoms with Crippen LogP contribution in [0.15, 0.2) is 36.9 Å². The number of amides is 1. The minimum Gasteiger partial charge on any atom is -0.305 e. The van der Waals surface area contributed by atoms with Gasteiger partial charge in [0.2, 0.25) is 0 Å². The number of hydrogen-bond acceptors (Lipinski definition) is 4. The number of carbonyl (C=O) groups excluding carboxylic acids is 1. The molecule has 2 aromatic heterocycles. The molecule has 2 rings (SSSR count). The van der Waals surface area contributed by atoms with E-state index >= 15 is 0 Å². The number of carbonyl (C=O) groups is 1. The van der Waals surface area contributed by atoms with E-state index in [2.05, 4.69) is 20.3 Å². The first-order chi connectivity index (χ1) is 7.75. The molecule has 0 aliphatic carbocycles. The van der Waals surface area contributed by atoms with Crippen LogP contribution in [-0.2, 0) is 0 Å². The molecule has 1 amide bonds. The Hall–Kier alpha value is -2.01. The van der Waals surface area contributed by atoms with Gasteiger partial charge in [-0.3, -0.25) is 9.78 Å². The quantitative estimate of drug-likeness (QED) is 0.805. The highest BCUT2D eigenvalue weighted by Crippen LogP contribution is 2.07. The molecule has 0 saturated carbocycles. The fourth-order valence-corrected chi connectivity index (χ4v) is 1.17. The number of nitrogens with one attached hydrogen (secondary N) is 1. The molecule has 0 unspecified atom stereocenters. The van der Waals surface area contributed by atoms with Crippen molar-refractivity contribution in [3.05, 3.63) is 47.6 Å². The fraction of sp³-hybridized carbons (Fsp3) is 0. The van der Waals surface area contributed by atoms with Crippen LogP contribution in [0, 0.1) is 0 Å². The predicted molar refractivity (Wildman–Crippen MR) is 59.2 cm³/mol. The van der Waals surface area contributed by atoms with Gasteiger partial charge in [0, 0.05) is 18.6 Å². The van der Waals surface area contributed by atoms with Crippen molar-refractivity contribution in [2.45, 2.75) is 0 Å². The summed E-state index contributed by atoms with van der Waals surface area (Å²) in [5.41, 5.74) is 0.412. The minimum absolute atomic E-state index is 0.301. The van der Waals surface area contributed by atoms with E-state index in [9.17, 15) is 4.79 Å². The van der Waals surface area contributed by atoms with Crippen LogP contribution < -0.4 is 5.32 Å². The Balaban J connectivity index is 2.12. The van der Waals surface area contributed by atoms with Crippen LogP contribution in [0.4, 0.5) is 5.82 Å². The van der Waals surface area contributed by atoms with E-state index in [-0.39, 0.29) is 5.91 Å². The number of anilines is 1. The van der Waals surface area contributed by atoms with E-state index in [0.717, 1.165) is 0 Å². The maximum Gasteiger partial charge on any atom is 0.258 e. The van der Waals surface area contributed by atoms with Gasteiger partial charge in [0.15, 0.2) is 5.82 Å². The molecule has 0 radical (unpaired) electrons. The molecule has 0 bridgehead atoms. The lowest BCUT2D eigenvalue weighted by Crippen LogP contribution is -2.13. The number of nitrogens with zero attached hydrogens (tertiary/aromatic N) is 3. The summed E-state index contributed by atoms with van der Waals surface area (Å²) in [6, 6.07) is 3.13. The van der Waals surface area contributed by atoms with E-state index < -0.39 is 0 Å². The summed E-state index contributed by atoms with van der Waals surface area (Å²) in [5, 5.41) is 2.93. The van der Waals surface area contributed by atoms with Crippen molar-refractivity contribution in [3.8, 4) is 0 Å². The lowest BCUT2D eigenvalue weighted by atomic mass is 10.3. The number of hydrogen-bond donors (Lipinski definition) is 1. The summed E-state index contributed by atoms with van der Waals surface area (Å²) in [7, 11) is 0. The molecule has 0 saturated heterocycles. The Morgan fingerprint density at radius 1 is 1.19 bits per heavy atom. The van der Waals surface area contributed by atoms with E-state index in [1.165, 1.54) is 24.8 Å². The summed E-state index contributed by atoms with van der Waals surface area (Å²) < 4.78 is 0. The largest absolute Gasteiger partial charge is 0.305 e. The first-order valence-electron chi connectivity index (χ1n) is 4.44. The maximum absolute atomic E-state index is 11.7. The first kappa shape index (κ1) is 10.5. The van der Waals surface area contributed by atoms with Crippen molar-refractivity contribution in [1.29, 1.82) is 0 Å². The Kier molecular flexibility index (Phi) is 3.07. The van der Waals surface area contributed by atoms with Gasteiger partial charge in [0.1, 0.15) is 5.15 Å². The molecule has 0 aromatic carbocycles. The van der Waals surface area contributed by atoms with Crippen molar-refractivity contribution in [2.24, 2.45) is 0 Å². The molecule has 0 aliphatic rings. The van der Waals surface area contributed by atoms with Crippen LogP contribution in [0.1, 0.15) is 10.4 Å². The van der Waals surface area contributed by atoms with Gasteiger partial charge in [0.25, 0.3) is 5.91 Å². The smallest absolute Gasteiger partial charge is 0.258 e. The van der Waals surface area contributed by atoms with Gasteiger partial charge in [0.05, 0.1) is 11.8 Å². The summed E-state index contributed by atoms with van der Waals surface area (Å²) in [5.74, 6) is 0.0899. The van der Waals surface area contributed by atoms with Gasteiger partial charge < -0.3 is 5.32 Å². The Morgan fingerprint density at radius 2 is 2.06 bits per heavy atom. The van der Waals surface area contributed by atoms with Crippen LogP contribution >= 0.6 is 11.6 Å². The predicted octanol–water partition coefficient (Wildman–Crippen LogP) is 1.78. The Morgan fingerprint density at radius 3 is 2.69 bits per heavy atom. The van der Waals surface area contributed by atoms with Gasteiger partial charge in [-0.2, -0.15) is 0 Å². The summed E-state index contributed by atoms with van der Waals surface area (Å²) in [4.78, 5) is 23.2. The molecule has 0 atom stereocenters. The molecule has 80 valence electrons. The molecule has 2 aromatic rings. The standard InChI is InChI=1S/C10H7ClN4O/c11-8-2-1-7(5-14-8)10(16)15-9-6-12-3-4-13-9/h1-6H,(H,13,15,16). The molecule has 6 heteroatoms. The average Bonchev–Trinajstić information content (AvgIpc) is 2.31. The zero-order valence-electron chi connectivity index (χ0n) is 8.09. The van der Waals surface area contributed by atoms with Crippen molar-refractivity contribution in [2.75, 3.05) is 5.32 Å². The second-order valence-electron chi connectivity index (χ2n) is 2.91. The van der Waals surface area contributed by atoms with Crippen molar-refractivity contribution in [3.63, 3.8) is 0 Å². The van der Waals surface area contributed by atoms with Crippen LogP contribution in [0.2, 0.25) is 5.15 Å². The topological polar surface area (TPSA) is 67.8 Å². The molecule has 5 nitrogen and oxygen atoms in total. The number of aromatic nitrogens is 3. The van der Waals surface area contributed by atoms with Crippen molar-refractivity contribution < 1.29 is 4.79 Å². The molecular formula is C10H7ClN4O. The third-order valence-electron chi connectivity index (χ3n) is 1.79. The van der Waals surface area contributed by atoms with Crippen molar-refractivity contribution >= 4 is 23.3 Å². The Bertz CT molecular complexity index is 486. The highest BCUT2D eigenvalue weighted by Gasteiger charge is 2.06. The average molecular weight is 235 g/mol. The zero-order valence-corrected chi connectivity index (χ0v) is 8.85. The fourth-order valence-electron chi connectivity index (χ4n) is 1.06. The lowest BCUT2D eigenvalue weighted by Gasteiger charge is -2.02. The molecule has 16 heavy (non-hydrogen) atoms. The molecule has 0 spiro atoms. The molecule has 0 fully saturated rings. The highest BCUT2D eigenvalue weighted by molar-refractivity contribution is 6.29. The molecular weight excluding hydrogens is 228 g/mol. The third-order valence-corrected chi connectivity index (χ3v) is 2.02. The second-order valence-corrected chi connectivity index (χ2v) is 3.30. The molecule has 1 N–H and O–H groups in total. The van der Waals surface area contributed by atoms with Crippen LogP contribution in [-0.4, -0.2) is 20.9 Å². The number of halogens is 1. The highest BCUT2D eigenvalue weighted by atomic mass is 35.5. The van der Waals surface area contributed by atoms with E-state index in [1.807, 2.05) is 0 Å². The normalized spacial score (nSPS) is 9.81. The van der Waals surface area contributed by atoms with Crippen LogP contribution in [0.25, 0.3) is 0 Å². The van der Waals surface area contributed by atoms with E-state index in [4.69, 9.17) is 11.6 Å². The molecule has 0 aliphatic heterocycles. The lowest BCUT2D eigenvalue weighted by molar-refractivity contribution is 0.102. The van der Waals surface area contributed by atoms with Gasteiger partial charge in [-0.05, 0) is 12.1 Å². The van der Waals surface area contributed by atoms with Crippen LogP contribution in [0.5, 0.6) is 0 Å². The monoisotopic (exact) mass is 234 g/mol. The summed E-state index contributed by atoms with van der Waals surface area (Å²) >= 11 is 5.61.